The van der Waals surface area contributed by atoms with Gasteiger partial charge in [0.15, 0.2) is 0 Å². The van der Waals surface area contributed by atoms with Crippen LogP contribution in [-0.2, 0) is 41.3 Å². The predicted octanol–water partition coefficient (Wildman–Crippen LogP) is -0.994. The van der Waals surface area contributed by atoms with Gasteiger partial charge in [-0.3, -0.25) is 4.55 Å². The van der Waals surface area contributed by atoms with Crippen LogP contribution in [0.15, 0.2) is 24.8 Å². The largest absolute Gasteiger partial charge is 0.749 e. The van der Waals surface area contributed by atoms with Gasteiger partial charge in [0.05, 0.1) is 0 Å². The second-order valence-corrected chi connectivity index (χ2v) is 4.01. The minimum atomic E-state index is -3.03. The SMILES string of the molecule is O=S([O-])OS(=O)OS(=O)O.c1cncnc1. The van der Waals surface area contributed by atoms with E-state index in [2.05, 4.69) is 17.2 Å². The lowest BCUT2D eigenvalue weighted by Gasteiger charge is -2.00. The molecule has 0 aliphatic carbocycles. The maximum Gasteiger partial charge on any atom is 0.333 e. The van der Waals surface area contributed by atoms with Crippen molar-refractivity contribution in [1.29, 1.82) is 0 Å². The topological polar surface area (TPSA) is 139 Å². The van der Waals surface area contributed by atoms with Gasteiger partial charge < -0.3 is 4.55 Å². The van der Waals surface area contributed by atoms with Crippen LogP contribution in [0.3, 0.4) is 0 Å². The Labute approximate surface area is 98.1 Å². The highest BCUT2D eigenvalue weighted by Gasteiger charge is 2.04. The van der Waals surface area contributed by atoms with E-state index in [9.17, 15) is 17.2 Å². The number of rotatable bonds is 4. The van der Waals surface area contributed by atoms with Crippen LogP contribution in [-0.4, -0.2) is 31.7 Å². The molecular formula is C4H5N2O7S3-. The van der Waals surface area contributed by atoms with Gasteiger partial charge in [-0.1, -0.05) is 0 Å². The Morgan fingerprint density at radius 3 is 1.94 bits per heavy atom. The summed E-state index contributed by atoms with van der Waals surface area (Å²) in [5, 5.41) is 0. The third-order valence-electron chi connectivity index (χ3n) is 0.702. The number of hydrogen-bond acceptors (Lipinski definition) is 8. The minimum absolute atomic E-state index is 1.50. The van der Waals surface area contributed by atoms with Crippen LogP contribution in [0.25, 0.3) is 0 Å². The fourth-order valence-corrected chi connectivity index (χ4v) is 1.40. The third-order valence-corrected chi connectivity index (χ3v) is 2.50. The van der Waals surface area contributed by atoms with E-state index in [-0.39, 0.29) is 0 Å². The highest BCUT2D eigenvalue weighted by molar-refractivity contribution is 7.93. The van der Waals surface area contributed by atoms with Gasteiger partial charge in [-0.15, -0.1) is 3.63 Å². The van der Waals surface area contributed by atoms with Gasteiger partial charge in [0.25, 0.3) is 0 Å². The molecule has 3 atom stereocenters. The second-order valence-electron chi connectivity index (χ2n) is 1.67. The van der Waals surface area contributed by atoms with E-state index >= 15 is 0 Å². The molecule has 0 aliphatic rings. The van der Waals surface area contributed by atoms with Gasteiger partial charge in [0.2, 0.25) is 0 Å². The molecule has 16 heavy (non-hydrogen) atoms. The summed E-state index contributed by atoms with van der Waals surface area (Å²) >= 11 is -8.59. The Balaban J connectivity index is 0.000000315. The predicted molar refractivity (Wildman–Crippen MR) is 52.0 cm³/mol. The first-order valence-electron chi connectivity index (χ1n) is 3.22. The summed E-state index contributed by atoms with van der Waals surface area (Å²) in [5.74, 6) is 0. The van der Waals surface area contributed by atoms with E-state index in [1.165, 1.54) is 6.33 Å². The summed E-state index contributed by atoms with van der Waals surface area (Å²) in [4.78, 5) is 7.35. The lowest BCUT2D eigenvalue weighted by Crippen LogP contribution is -2.05. The second kappa shape index (κ2) is 9.59. The van der Waals surface area contributed by atoms with Gasteiger partial charge in [-0.25, -0.2) is 14.2 Å². The zero-order valence-corrected chi connectivity index (χ0v) is 9.77. The van der Waals surface area contributed by atoms with Crippen LogP contribution in [0.2, 0.25) is 0 Å². The lowest BCUT2D eigenvalue weighted by atomic mass is 10.7. The fraction of sp³-hybridized carbons (Fsp3) is 0. The number of hydrogen-bond donors (Lipinski definition) is 1. The monoisotopic (exact) mass is 289 g/mol. The molecule has 3 unspecified atom stereocenters. The molecule has 0 spiro atoms. The molecule has 0 fully saturated rings. The molecule has 0 aliphatic heterocycles. The van der Waals surface area contributed by atoms with Crippen molar-refractivity contribution in [3.63, 3.8) is 0 Å². The molecule has 92 valence electrons. The zero-order chi connectivity index (χ0) is 12.4. The zero-order valence-electron chi connectivity index (χ0n) is 7.33. The van der Waals surface area contributed by atoms with Crippen molar-refractivity contribution in [2.24, 2.45) is 0 Å². The summed E-state index contributed by atoms with van der Waals surface area (Å²) in [7, 11) is 0. The van der Waals surface area contributed by atoms with E-state index in [1.807, 2.05) is 0 Å². The molecule has 0 amide bonds. The fourth-order valence-electron chi connectivity index (χ4n) is 0.358. The summed E-state index contributed by atoms with van der Waals surface area (Å²) in [6.45, 7) is 0. The normalized spacial score (nSPS) is 15.4. The molecule has 12 heteroatoms. The van der Waals surface area contributed by atoms with Crippen LogP contribution >= 0.6 is 0 Å². The van der Waals surface area contributed by atoms with Gasteiger partial charge in [-0.05, 0) is 6.07 Å². The lowest BCUT2D eigenvalue weighted by molar-refractivity contribution is 0.408. The van der Waals surface area contributed by atoms with Gasteiger partial charge in [-0.2, -0.15) is 12.0 Å². The smallest absolute Gasteiger partial charge is 0.333 e. The van der Waals surface area contributed by atoms with E-state index in [0.717, 1.165) is 0 Å². The summed E-state index contributed by atoms with van der Waals surface area (Å²) < 4.78 is 53.3. The first-order chi connectivity index (χ1) is 7.52. The molecule has 0 saturated heterocycles. The Kier molecular flexibility index (Phi) is 9.21. The Hall–Kier alpha value is -0.630. The van der Waals surface area contributed by atoms with E-state index in [4.69, 9.17) is 4.55 Å². The van der Waals surface area contributed by atoms with Crippen molar-refractivity contribution >= 4 is 34.1 Å². The first-order valence-corrected chi connectivity index (χ1v) is 6.25. The van der Waals surface area contributed by atoms with Crippen LogP contribution < -0.4 is 0 Å². The average Bonchev–Trinajstić information content (AvgIpc) is 2.18. The average molecular weight is 289 g/mol. The van der Waals surface area contributed by atoms with Gasteiger partial charge >= 0.3 is 22.7 Å². The summed E-state index contributed by atoms with van der Waals surface area (Å²) in [5.41, 5.74) is 0. The van der Waals surface area contributed by atoms with E-state index in [0.29, 0.717) is 0 Å². The maximum absolute atomic E-state index is 9.98. The molecule has 1 aromatic rings. The molecule has 1 aromatic heterocycles. The van der Waals surface area contributed by atoms with Crippen molar-refractivity contribution in [1.82, 2.24) is 9.97 Å². The van der Waals surface area contributed by atoms with Crippen LogP contribution in [0.5, 0.6) is 0 Å². The van der Waals surface area contributed by atoms with E-state index < -0.39 is 34.1 Å². The van der Waals surface area contributed by atoms with Crippen molar-refractivity contribution in [2.45, 2.75) is 0 Å². The quantitative estimate of drug-likeness (QED) is 0.691. The summed E-state index contributed by atoms with van der Waals surface area (Å²) in [6, 6.07) is 1.78. The number of aromatic nitrogens is 2. The molecule has 1 N–H and O–H groups in total. The molecule has 0 bridgehead atoms. The number of nitrogens with zero attached hydrogens (tertiary/aromatic N) is 2. The van der Waals surface area contributed by atoms with Gasteiger partial charge in [0.1, 0.15) is 17.7 Å². The van der Waals surface area contributed by atoms with Crippen molar-refractivity contribution < 1.29 is 29.0 Å². The molecule has 9 nitrogen and oxygen atoms in total. The third kappa shape index (κ3) is 11.4. The van der Waals surface area contributed by atoms with Crippen molar-refractivity contribution in [3.8, 4) is 0 Å². The van der Waals surface area contributed by atoms with Gasteiger partial charge in [0, 0.05) is 12.4 Å². The Bertz CT molecular complexity index is 315. The molecule has 0 aromatic carbocycles. The highest BCUT2D eigenvalue weighted by atomic mass is 32.3. The standard InChI is InChI=1S/C4H4N2.H2O7S3/c1-2-5-4-6-3-1;1-8(2)6-10(5)7-9(3)4/h1-4H;(H,1,2)(H,3,4)/p-1. The molecule has 1 rings (SSSR count). The van der Waals surface area contributed by atoms with Crippen molar-refractivity contribution in [2.75, 3.05) is 0 Å². The maximum atomic E-state index is 9.98. The Morgan fingerprint density at radius 2 is 1.69 bits per heavy atom. The molecular weight excluding hydrogens is 284 g/mol. The minimum Gasteiger partial charge on any atom is -0.749 e. The summed E-state index contributed by atoms with van der Waals surface area (Å²) in [6.07, 6.45) is 4.88. The molecule has 0 saturated carbocycles. The first kappa shape index (κ1) is 15.4. The van der Waals surface area contributed by atoms with Crippen molar-refractivity contribution in [3.05, 3.63) is 24.8 Å². The van der Waals surface area contributed by atoms with Crippen LogP contribution in [0.4, 0.5) is 0 Å². The molecule has 1 heterocycles. The molecule has 0 radical (unpaired) electrons. The highest BCUT2D eigenvalue weighted by Crippen LogP contribution is 1.92. The van der Waals surface area contributed by atoms with Crippen LogP contribution in [0, 0.1) is 0 Å². The Morgan fingerprint density at radius 1 is 1.12 bits per heavy atom. The van der Waals surface area contributed by atoms with Crippen LogP contribution in [0.1, 0.15) is 0 Å². The van der Waals surface area contributed by atoms with E-state index in [1.54, 1.807) is 18.5 Å².